The van der Waals surface area contributed by atoms with Crippen molar-refractivity contribution in [3.63, 3.8) is 0 Å². The second kappa shape index (κ2) is 4.49. The number of nitrogens with one attached hydrogen (secondary N) is 1. The quantitative estimate of drug-likeness (QED) is 0.850. The molecule has 1 unspecified atom stereocenters. The van der Waals surface area contributed by atoms with Gasteiger partial charge in [0.1, 0.15) is 12.2 Å². The first-order valence-corrected chi connectivity index (χ1v) is 6.63. The second-order valence-electron chi connectivity index (χ2n) is 4.00. The number of H-pyrrole nitrogens is 1. The summed E-state index contributed by atoms with van der Waals surface area (Å²) in [6, 6.07) is 0. The molecule has 2 heterocycles. The van der Waals surface area contributed by atoms with Gasteiger partial charge in [-0.15, -0.1) is 11.3 Å². The van der Waals surface area contributed by atoms with Crippen LogP contribution in [-0.4, -0.2) is 32.7 Å². The van der Waals surface area contributed by atoms with Gasteiger partial charge in [-0.05, 0) is 19.8 Å². The Morgan fingerprint density at radius 2 is 2.56 bits per heavy atom. The SMILES string of the molecule is CCOC(=O)C1CCc2sc(-c3ncn[nH]3)nc21. The molecule has 1 atom stereocenters. The first kappa shape index (κ1) is 11.3. The van der Waals surface area contributed by atoms with Gasteiger partial charge >= 0.3 is 5.97 Å². The summed E-state index contributed by atoms with van der Waals surface area (Å²) >= 11 is 1.57. The molecule has 0 radical (unpaired) electrons. The monoisotopic (exact) mass is 264 g/mol. The number of hydrogen-bond donors (Lipinski definition) is 1. The van der Waals surface area contributed by atoms with Crippen LogP contribution < -0.4 is 0 Å². The Labute approximate surface area is 107 Å². The van der Waals surface area contributed by atoms with Crippen LogP contribution in [0.25, 0.3) is 10.8 Å². The van der Waals surface area contributed by atoms with Crippen LogP contribution in [0.2, 0.25) is 0 Å². The largest absolute Gasteiger partial charge is 0.465 e. The average molecular weight is 264 g/mol. The summed E-state index contributed by atoms with van der Waals surface area (Å²) in [6.45, 7) is 2.22. The van der Waals surface area contributed by atoms with Crippen molar-refractivity contribution in [3.8, 4) is 10.8 Å². The molecule has 0 bridgehead atoms. The highest BCUT2D eigenvalue weighted by molar-refractivity contribution is 7.15. The second-order valence-corrected chi connectivity index (χ2v) is 5.09. The van der Waals surface area contributed by atoms with E-state index in [1.54, 1.807) is 11.3 Å². The van der Waals surface area contributed by atoms with Crippen molar-refractivity contribution in [3.05, 3.63) is 16.9 Å². The number of nitrogens with zero attached hydrogens (tertiary/aromatic N) is 3. The number of ether oxygens (including phenoxy) is 1. The Balaban J connectivity index is 1.90. The zero-order valence-corrected chi connectivity index (χ0v) is 10.7. The van der Waals surface area contributed by atoms with Gasteiger partial charge in [0.05, 0.1) is 12.3 Å². The fourth-order valence-electron chi connectivity index (χ4n) is 2.11. The van der Waals surface area contributed by atoms with E-state index in [1.165, 1.54) is 6.33 Å². The Kier molecular flexibility index (Phi) is 2.83. The maximum Gasteiger partial charge on any atom is 0.315 e. The Morgan fingerprint density at radius 3 is 3.28 bits per heavy atom. The summed E-state index contributed by atoms with van der Waals surface area (Å²) < 4.78 is 5.07. The number of aromatic amines is 1. The van der Waals surface area contributed by atoms with Crippen molar-refractivity contribution in [1.82, 2.24) is 20.2 Å². The molecule has 0 aromatic carbocycles. The minimum Gasteiger partial charge on any atom is -0.465 e. The third-order valence-corrected chi connectivity index (χ3v) is 4.04. The van der Waals surface area contributed by atoms with E-state index in [0.717, 1.165) is 28.4 Å². The first-order chi connectivity index (χ1) is 8.79. The predicted molar refractivity (Wildman–Crippen MR) is 65.2 cm³/mol. The highest BCUT2D eigenvalue weighted by Gasteiger charge is 2.33. The zero-order valence-electron chi connectivity index (χ0n) is 9.84. The number of esters is 1. The minimum atomic E-state index is -0.215. The third kappa shape index (κ3) is 1.80. The maximum atomic E-state index is 11.8. The van der Waals surface area contributed by atoms with Gasteiger partial charge in [-0.3, -0.25) is 9.89 Å². The van der Waals surface area contributed by atoms with Gasteiger partial charge in [0.2, 0.25) is 0 Å². The number of aryl methyl sites for hydroxylation is 1. The molecular formula is C11H12N4O2S. The topological polar surface area (TPSA) is 80.8 Å². The van der Waals surface area contributed by atoms with Crippen LogP contribution in [0.15, 0.2) is 6.33 Å². The molecule has 1 aliphatic rings. The molecule has 0 spiro atoms. The van der Waals surface area contributed by atoms with Gasteiger partial charge in [-0.2, -0.15) is 5.10 Å². The van der Waals surface area contributed by atoms with E-state index >= 15 is 0 Å². The molecule has 0 aliphatic heterocycles. The van der Waals surface area contributed by atoms with Crippen molar-refractivity contribution >= 4 is 17.3 Å². The molecule has 6 nitrogen and oxygen atoms in total. The lowest BCUT2D eigenvalue weighted by molar-refractivity contribution is -0.145. The highest BCUT2D eigenvalue weighted by atomic mass is 32.1. The van der Waals surface area contributed by atoms with Crippen LogP contribution in [-0.2, 0) is 16.0 Å². The Bertz CT molecular complexity index is 564. The molecule has 0 amide bonds. The normalized spacial score (nSPS) is 17.7. The van der Waals surface area contributed by atoms with Crippen molar-refractivity contribution in [2.45, 2.75) is 25.7 Å². The number of aromatic nitrogens is 4. The minimum absolute atomic E-state index is 0.175. The van der Waals surface area contributed by atoms with Gasteiger partial charge in [0.25, 0.3) is 0 Å². The molecule has 94 valence electrons. The van der Waals surface area contributed by atoms with Gasteiger partial charge < -0.3 is 4.74 Å². The van der Waals surface area contributed by atoms with Gasteiger partial charge in [-0.1, -0.05) is 0 Å². The lowest BCUT2D eigenvalue weighted by Crippen LogP contribution is -2.14. The fourth-order valence-corrected chi connectivity index (χ4v) is 3.19. The molecule has 0 saturated carbocycles. The molecule has 7 heteroatoms. The molecule has 1 aliphatic carbocycles. The maximum absolute atomic E-state index is 11.8. The lowest BCUT2D eigenvalue weighted by atomic mass is 10.1. The number of fused-ring (bicyclic) bond motifs is 1. The molecule has 18 heavy (non-hydrogen) atoms. The van der Waals surface area contributed by atoms with Gasteiger partial charge in [0.15, 0.2) is 10.8 Å². The van der Waals surface area contributed by atoms with E-state index in [2.05, 4.69) is 20.2 Å². The smallest absolute Gasteiger partial charge is 0.315 e. The molecule has 2 aromatic rings. The summed E-state index contributed by atoms with van der Waals surface area (Å²) in [4.78, 5) is 21.5. The van der Waals surface area contributed by atoms with Crippen LogP contribution >= 0.6 is 11.3 Å². The predicted octanol–water partition coefficient (Wildman–Crippen LogP) is 1.52. The average Bonchev–Trinajstić information content (AvgIpc) is 3.04. The summed E-state index contributed by atoms with van der Waals surface area (Å²) in [5, 5.41) is 7.37. The lowest BCUT2D eigenvalue weighted by Gasteiger charge is -2.07. The summed E-state index contributed by atoms with van der Waals surface area (Å²) in [5.74, 6) is 0.260. The van der Waals surface area contributed by atoms with Crippen molar-refractivity contribution in [1.29, 1.82) is 0 Å². The van der Waals surface area contributed by atoms with Gasteiger partial charge in [0, 0.05) is 4.88 Å². The molecular weight excluding hydrogens is 252 g/mol. The molecule has 1 N–H and O–H groups in total. The standard InChI is InChI=1S/C11H12N4O2S/c1-2-17-11(16)6-3-4-7-8(6)14-10(18-7)9-12-5-13-15-9/h5-6H,2-4H2,1H3,(H,12,13,15). The Hall–Kier alpha value is -1.76. The van der Waals surface area contributed by atoms with E-state index in [9.17, 15) is 4.79 Å². The van der Waals surface area contributed by atoms with E-state index in [0.29, 0.717) is 12.4 Å². The van der Waals surface area contributed by atoms with Gasteiger partial charge in [-0.25, -0.2) is 9.97 Å². The van der Waals surface area contributed by atoms with E-state index in [4.69, 9.17) is 4.74 Å². The van der Waals surface area contributed by atoms with E-state index in [1.807, 2.05) is 6.92 Å². The van der Waals surface area contributed by atoms with Crippen molar-refractivity contribution in [2.75, 3.05) is 6.61 Å². The number of carbonyl (C=O) groups is 1. The highest BCUT2D eigenvalue weighted by Crippen LogP contribution is 2.39. The van der Waals surface area contributed by atoms with E-state index in [-0.39, 0.29) is 11.9 Å². The zero-order chi connectivity index (χ0) is 12.5. The first-order valence-electron chi connectivity index (χ1n) is 5.81. The van der Waals surface area contributed by atoms with Crippen LogP contribution in [0.5, 0.6) is 0 Å². The molecule has 2 aromatic heterocycles. The van der Waals surface area contributed by atoms with Crippen LogP contribution in [0.4, 0.5) is 0 Å². The number of thiazole rings is 1. The number of rotatable bonds is 3. The third-order valence-electron chi connectivity index (χ3n) is 2.91. The summed E-state index contributed by atoms with van der Waals surface area (Å²) in [7, 11) is 0. The number of hydrogen-bond acceptors (Lipinski definition) is 6. The molecule has 3 rings (SSSR count). The van der Waals surface area contributed by atoms with E-state index < -0.39 is 0 Å². The molecule has 0 saturated heterocycles. The van der Waals surface area contributed by atoms with Crippen molar-refractivity contribution in [2.24, 2.45) is 0 Å². The van der Waals surface area contributed by atoms with Crippen LogP contribution in [0.1, 0.15) is 29.8 Å². The number of carbonyl (C=O) groups excluding carboxylic acids is 1. The summed E-state index contributed by atoms with van der Waals surface area (Å²) in [6.07, 6.45) is 3.12. The van der Waals surface area contributed by atoms with Crippen molar-refractivity contribution < 1.29 is 9.53 Å². The van der Waals surface area contributed by atoms with Crippen LogP contribution in [0, 0.1) is 0 Å². The van der Waals surface area contributed by atoms with Crippen LogP contribution in [0.3, 0.4) is 0 Å². The summed E-state index contributed by atoms with van der Waals surface area (Å²) in [5.41, 5.74) is 0.852. The Morgan fingerprint density at radius 1 is 1.67 bits per heavy atom. The fraction of sp³-hybridized carbons (Fsp3) is 0.455. The molecule has 0 fully saturated rings.